The second-order valence-electron chi connectivity index (χ2n) is 4.80. The number of thiazole rings is 1. The molecule has 2 rings (SSSR count). The fraction of sp³-hybridized carbons (Fsp3) is 0.667. The highest BCUT2D eigenvalue weighted by atomic mass is 32.2. The number of carboxylic acid groups (broad SMARTS) is 1. The van der Waals surface area contributed by atoms with E-state index in [1.54, 1.807) is 6.26 Å². The van der Waals surface area contributed by atoms with Gasteiger partial charge in [-0.2, -0.15) is 0 Å². The number of nitrogens with zero attached hydrogens (tertiary/aromatic N) is 1. The van der Waals surface area contributed by atoms with Crippen molar-refractivity contribution < 1.29 is 14.1 Å². The second-order valence-corrected chi connectivity index (χ2v) is 7.69. The Labute approximate surface area is 118 Å². The summed E-state index contributed by atoms with van der Waals surface area (Å²) in [6.45, 7) is 2.50. The highest BCUT2D eigenvalue weighted by Gasteiger charge is 2.29. The van der Waals surface area contributed by atoms with Gasteiger partial charge in [0.1, 0.15) is 5.92 Å². The van der Waals surface area contributed by atoms with Crippen LogP contribution >= 0.6 is 11.3 Å². The quantitative estimate of drug-likeness (QED) is 0.867. The normalized spacial score (nSPS) is 21.5. The summed E-state index contributed by atoms with van der Waals surface area (Å²) in [5.74, 6) is -1.26. The molecule has 1 aliphatic rings. The topological polar surface area (TPSA) is 79.3 Å². The van der Waals surface area contributed by atoms with E-state index in [0.717, 1.165) is 28.5 Å². The van der Waals surface area contributed by atoms with Crippen LogP contribution in [-0.2, 0) is 22.0 Å². The molecule has 2 N–H and O–H groups in total. The summed E-state index contributed by atoms with van der Waals surface area (Å²) >= 11 is 1.53. The van der Waals surface area contributed by atoms with Gasteiger partial charge in [-0.05, 0) is 26.2 Å². The fourth-order valence-electron chi connectivity index (χ4n) is 2.08. The maximum atomic E-state index is 11.3. The van der Waals surface area contributed by atoms with Crippen molar-refractivity contribution in [1.29, 1.82) is 0 Å². The van der Waals surface area contributed by atoms with Crippen LogP contribution in [0.15, 0.2) is 0 Å². The molecule has 0 bridgehead atoms. The van der Waals surface area contributed by atoms with E-state index in [2.05, 4.69) is 10.3 Å². The molecule has 1 heterocycles. The molecule has 106 valence electrons. The van der Waals surface area contributed by atoms with E-state index in [4.69, 9.17) is 0 Å². The first kappa shape index (κ1) is 14.5. The van der Waals surface area contributed by atoms with Crippen molar-refractivity contribution in [2.24, 2.45) is 0 Å². The molecule has 5 nitrogen and oxygen atoms in total. The number of rotatable bonds is 5. The molecule has 1 aromatic rings. The van der Waals surface area contributed by atoms with Crippen LogP contribution in [0.5, 0.6) is 0 Å². The van der Waals surface area contributed by atoms with Gasteiger partial charge in [-0.25, -0.2) is 4.98 Å². The summed E-state index contributed by atoms with van der Waals surface area (Å²) in [5, 5.41) is 13.2. The molecule has 0 saturated heterocycles. The average molecular weight is 302 g/mol. The summed E-state index contributed by atoms with van der Waals surface area (Å²) in [7, 11) is -0.868. The van der Waals surface area contributed by atoms with Gasteiger partial charge in [0, 0.05) is 33.7 Å². The van der Waals surface area contributed by atoms with Crippen molar-refractivity contribution >= 4 is 33.2 Å². The number of nitrogens with one attached hydrogen (secondary N) is 1. The van der Waals surface area contributed by atoms with Crippen LogP contribution in [0.4, 0.5) is 5.13 Å². The van der Waals surface area contributed by atoms with E-state index >= 15 is 0 Å². The average Bonchev–Trinajstić information content (AvgIpc) is 2.77. The third-order valence-corrected chi connectivity index (χ3v) is 5.75. The molecule has 19 heavy (non-hydrogen) atoms. The van der Waals surface area contributed by atoms with E-state index in [1.165, 1.54) is 11.3 Å². The Morgan fingerprint density at radius 3 is 3.05 bits per heavy atom. The molecule has 7 heteroatoms. The fourth-order valence-corrected chi connectivity index (χ4v) is 3.47. The smallest absolute Gasteiger partial charge is 0.312 e. The number of carbonyl (C=O) groups is 1. The van der Waals surface area contributed by atoms with Gasteiger partial charge in [0.15, 0.2) is 5.13 Å². The van der Waals surface area contributed by atoms with Gasteiger partial charge in [-0.3, -0.25) is 9.00 Å². The first-order valence-electron chi connectivity index (χ1n) is 6.27. The van der Waals surface area contributed by atoms with Gasteiger partial charge in [-0.1, -0.05) is 0 Å². The zero-order chi connectivity index (χ0) is 14.0. The molecular formula is C12H18N2O3S2. The van der Waals surface area contributed by atoms with E-state index in [0.29, 0.717) is 13.0 Å². The van der Waals surface area contributed by atoms with Crippen LogP contribution in [0.25, 0.3) is 0 Å². The largest absolute Gasteiger partial charge is 0.481 e. The van der Waals surface area contributed by atoms with Crippen molar-refractivity contribution in [2.75, 3.05) is 18.1 Å². The zero-order valence-corrected chi connectivity index (χ0v) is 12.6. The predicted molar refractivity (Wildman–Crippen MR) is 77.4 cm³/mol. The van der Waals surface area contributed by atoms with Gasteiger partial charge in [0.2, 0.25) is 0 Å². The summed E-state index contributed by atoms with van der Waals surface area (Å²) in [5.41, 5.74) is 0.719. The lowest BCUT2D eigenvalue weighted by Crippen LogP contribution is -2.20. The summed E-state index contributed by atoms with van der Waals surface area (Å²) in [4.78, 5) is 16.7. The van der Waals surface area contributed by atoms with Gasteiger partial charge in [-0.15, -0.1) is 11.3 Å². The maximum absolute atomic E-state index is 11.3. The number of aliphatic carboxylic acids is 1. The molecule has 0 aromatic carbocycles. The zero-order valence-electron chi connectivity index (χ0n) is 11.0. The molecule has 3 unspecified atom stereocenters. The first-order chi connectivity index (χ1) is 8.99. The number of hydrogen-bond acceptors (Lipinski definition) is 5. The predicted octanol–water partition coefficient (Wildman–Crippen LogP) is 1.83. The molecule has 3 atom stereocenters. The number of fused-ring (bicyclic) bond motifs is 1. The molecule has 0 fully saturated rings. The molecule has 1 aliphatic carbocycles. The van der Waals surface area contributed by atoms with Crippen LogP contribution in [0.2, 0.25) is 0 Å². The molecule has 0 radical (unpaired) electrons. The Balaban J connectivity index is 2.09. The molecule has 0 aliphatic heterocycles. The number of aryl methyl sites for hydroxylation is 1. The summed E-state index contributed by atoms with van der Waals surface area (Å²) < 4.78 is 11.3. The Bertz CT molecular complexity index is 501. The lowest BCUT2D eigenvalue weighted by Gasteiger charge is -2.16. The molecule has 0 spiro atoms. The monoisotopic (exact) mass is 302 g/mol. The van der Waals surface area contributed by atoms with Crippen LogP contribution in [0.3, 0.4) is 0 Å². The maximum Gasteiger partial charge on any atom is 0.312 e. The van der Waals surface area contributed by atoms with Crippen molar-refractivity contribution in [2.45, 2.75) is 37.4 Å². The van der Waals surface area contributed by atoms with Crippen LogP contribution < -0.4 is 5.32 Å². The third-order valence-electron chi connectivity index (χ3n) is 3.36. The number of carboxylic acids is 1. The van der Waals surface area contributed by atoms with Gasteiger partial charge < -0.3 is 10.4 Å². The lowest BCUT2D eigenvalue weighted by molar-refractivity contribution is -0.139. The standard InChI is InChI=1S/C12H18N2O3S2/c1-7(19(2)17)6-13-12-14-10-8(11(15)16)4-3-5-9(10)18-12/h7-8H,3-6H2,1-2H3,(H,13,14)(H,15,16). The third kappa shape index (κ3) is 3.33. The van der Waals surface area contributed by atoms with Gasteiger partial charge in [0.05, 0.1) is 5.69 Å². The van der Waals surface area contributed by atoms with E-state index in [1.807, 2.05) is 6.92 Å². The van der Waals surface area contributed by atoms with Crippen LogP contribution in [-0.4, -0.2) is 38.3 Å². The molecule has 1 aromatic heterocycles. The Hall–Kier alpha value is -0.950. The van der Waals surface area contributed by atoms with Gasteiger partial charge in [0.25, 0.3) is 0 Å². The lowest BCUT2D eigenvalue weighted by atomic mass is 9.91. The van der Waals surface area contributed by atoms with Crippen molar-refractivity contribution in [1.82, 2.24) is 4.98 Å². The molecular weight excluding hydrogens is 284 g/mol. The minimum atomic E-state index is -0.868. The second kappa shape index (κ2) is 6.00. The van der Waals surface area contributed by atoms with Crippen molar-refractivity contribution in [3.05, 3.63) is 10.6 Å². The number of hydrogen-bond donors (Lipinski definition) is 2. The SMILES string of the molecule is CC(CNc1nc2c(s1)CCCC2C(=O)O)S(C)=O. The first-order valence-corrected chi connectivity index (χ1v) is 8.71. The van der Waals surface area contributed by atoms with Crippen molar-refractivity contribution in [3.63, 3.8) is 0 Å². The van der Waals surface area contributed by atoms with Gasteiger partial charge >= 0.3 is 5.97 Å². The number of aromatic nitrogens is 1. The highest BCUT2D eigenvalue weighted by Crippen LogP contribution is 2.36. The van der Waals surface area contributed by atoms with E-state index in [9.17, 15) is 14.1 Å². The Morgan fingerprint density at radius 2 is 2.42 bits per heavy atom. The van der Waals surface area contributed by atoms with Crippen LogP contribution in [0, 0.1) is 0 Å². The molecule has 0 saturated carbocycles. The molecule has 0 amide bonds. The number of anilines is 1. The van der Waals surface area contributed by atoms with Crippen molar-refractivity contribution in [3.8, 4) is 0 Å². The van der Waals surface area contributed by atoms with Crippen LogP contribution in [0.1, 0.15) is 36.3 Å². The highest BCUT2D eigenvalue weighted by molar-refractivity contribution is 7.84. The Morgan fingerprint density at radius 1 is 1.68 bits per heavy atom. The summed E-state index contributed by atoms with van der Waals surface area (Å²) in [6, 6.07) is 0. The van der Waals surface area contributed by atoms with E-state index in [-0.39, 0.29) is 5.25 Å². The summed E-state index contributed by atoms with van der Waals surface area (Å²) in [6.07, 6.45) is 4.16. The minimum Gasteiger partial charge on any atom is -0.481 e. The Kier molecular flexibility index (Phi) is 4.57. The van der Waals surface area contributed by atoms with E-state index < -0.39 is 22.7 Å². The minimum absolute atomic E-state index is 0.0520.